The maximum absolute atomic E-state index is 13.3. The fourth-order valence-electron chi connectivity index (χ4n) is 4.63. The van der Waals surface area contributed by atoms with Crippen LogP contribution in [0.5, 0.6) is 5.88 Å². The molecule has 1 saturated heterocycles. The predicted octanol–water partition coefficient (Wildman–Crippen LogP) is 2.41. The number of likely N-dealkylation sites (N-methyl/N-ethyl adjacent to an activating group) is 1. The van der Waals surface area contributed by atoms with E-state index in [-0.39, 0.29) is 11.6 Å². The summed E-state index contributed by atoms with van der Waals surface area (Å²) in [5, 5.41) is 4.48. The number of nitrogens with zero attached hydrogens (tertiary/aromatic N) is 6. The van der Waals surface area contributed by atoms with Crippen molar-refractivity contribution in [1.29, 1.82) is 0 Å². The zero-order valence-corrected chi connectivity index (χ0v) is 21.2. The van der Waals surface area contributed by atoms with E-state index < -0.39 is 0 Å². The number of rotatable bonds is 7. The summed E-state index contributed by atoms with van der Waals surface area (Å²) in [6.07, 6.45) is 0. The molecule has 1 aromatic carbocycles. The van der Waals surface area contributed by atoms with Crippen LogP contribution in [0, 0.1) is 13.8 Å². The fraction of sp³-hybridized carbons (Fsp3) is 0.385. The highest BCUT2D eigenvalue weighted by Gasteiger charge is 2.20. The van der Waals surface area contributed by atoms with Gasteiger partial charge in [0.1, 0.15) is 6.61 Å². The number of ether oxygens (including phenoxy) is 1. The van der Waals surface area contributed by atoms with Crippen molar-refractivity contribution in [2.45, 2.75) is 13.8 Å². The molecule has 0 amide bonds. The first-order chi connectivity index (χ1) is 17.3. The zero-order chi connectivity index (χ0) is 25.4. The number of benzene rings is 1. The number of pyridine rings is 1. The van der Waals surface area contributed by atoms with Crippen molar-refractivity contribution < 1.29 is 9.53 Å². The predicted molar refractivity (Wildman–Crippen MR) is 139 cm³/mol. The van der Waals surface area contributed by atoms with Crippen LogP contribution in [-0.2, 0) is 7.05 Å². The van der Waals surface area contributed by atoms with Crippen LogP contribution in [0.2, 0.25) is 0 Å². The standard InChI is InChI=1S/C26H32N8O2/c1-16-23(17(2)33(4)31-16)19-15-18(5-6-20(19)27)24(35)26-28-21-7-8-22(29-25(21)30-26)36-14-13-34-11-9-32(3)10-12-34/h5-8,15H,9-14,27H2,1-4H3,(H,28,29,30). The second kappa shape index (κ2) is 9.71. The van der Waals surface area contributed by atoms with Crippen LogP contribution in [0.15, 0.2) is 30.3 Å². The first kappa shape index (κ1) is 24.0. The SMILES string of the molecule is Cc1nn(C)c(C)c1-c1cc(C(=O)c2nc3nc(OCCN4CCN(C)CC4)ccc3[nH]2)ccc1N. The van der Waals surface area contributed by atoms with Crippen molar-refractivity contribution in [3.05, 3.63) is 53.1 Å². The monoisotopic (exact) mass is 488 g/mol. The molecule has 3 aromatic heterocycles. The van der Waals surface area contributed by atoms with Crippen LogP contribution in [0.1, 0.15) is 27.6 Å². The normalized spacial score (nSPS) is 15.0. The van der Waals surface area contributed by atoms with Gasteiger partial charge in [0.25, 0.3) is 0 Å². The highest BCUT2D eigenvalue weighted by Crippen LogP contribution is 2.32. The second-order valence-electron chi connectivity index (χ2n) is 9.40. The highest BCUT2D eigenvalue weighted by atomic mass is 16.5. The third kappa shape index (κ3) is 4.69. The lowest BCUT2D eigenvalue weighted by atomic mass is 9.98. The lowest BCUT2D eigenvalue weighted by Crippen LogP contribution is -2.45. The topological polar surface area (TPSA) is 118 Å². The molecule has 0 radical (unpaired) electrons. The number of piperazine rings is 1. The van der Waals surface area contributed by atoms with E-state index in [1.165, 1.54) is 0 Å². The van der Waals surface area contributed by atoms with Gasteiger partial charge in [-0.05, 0) is 45.2 Å². The molecular formula is C26H32N8O2. The molecule has 4 heterocycles. The average Bonchev–Trinajstić information content (AvgIpc) is 3.40. The summed E-state index contributed by atoms with van der Waals surface area (Å²) in [5.41, 5.74) is 12.1. The number of anilines is 1. The van der Waals surface area contributed by atoms with Gasteiger partial charge in [0.2, 0.25) is 11.7 Å². The van der Waals surface area contributed by atoms with Crippen molar-refractivity contribution in [3.63, 3.8) is 0 Å². The van der Waals surface area contributed by atoms with Gasteiger partial charge in [0.15, 0.2) is 11.5 Å². The molecule has 5 rings (SSSR count). The molecule has 0 unspecified atom stereocenters. The summed E-state index contributed by atoms with van der Waals surface area (Å²) in [6, 6.07) is 8.92. The molecule has 0 saturated carbocycles. The van der Waals surface area contributed by atoms with E-state index in [2.05, 4.69) is 36.9 Å². The number of imidazole rings is 1. The van der Waals surface area contributed by atoms with E-state index in [0.29, 0.717) is 34.9 Å². The highest BCUT2D eigenvalue weighted by molar-refractivity contribution is 6.09. The van der Waals surface area contributed by atoms with E-state index >= 15 is 0 Å². The largest absolute Gasteiger partial charge is 0.476 e. The third-order valence-electron chi connectivity index (χ3n) is 6.88. The number of aryl methyl sites for hydroxylation is 2. The molecule has 188 valence electrons. The van der Waals surface area contributed by atoms with Gasteiger partial charge in [-0.1, -0.05) is 0 Å². The average molecular weight is 489 g/mol. The molecule has 3 N–H and O–H groups in total. The van der Waals surface area contributed by atoms with Crippen LogP contribution >= 0.6 is 0 Å². The van der Waals surface area contributed by atoms with Crippen LogP contribution in [0.3, 0.4) is 0 Å². The Kier molecular flexibility index (Phi) is 6.46. The molecule has 36 heavy (non-hydrogen) atoms. The van der Waals surface area contributed by atoms with Gasteiger partial charge in [-0.15, -0.1) is 0 Å². The number of aromatic amines is 1. The van der Waals surface area contributed by atoms with Crippen molar-refractivity contribution in [2.75, 3.05) is 52.1 Å². The number of H-pyrrole nitrogens is 1. The van der Waals surface area contributed by atoms with Crippen LogP contribution in [-0.4, -0.2) is 86.7 Å². The molecule has 1 aliphatic rings. The summed E-state index contributed by atoms with van der Waals surface area (Å²) in [6.45, 7) is 9.57. The molecular weight excluding hydrogens is 456 g/mol. The number of nitrogens with two attached hydrogens (primary N) is 1. The van der Waals surface area contributed by atoms with Crippen LogP contribution in [0.25, 0.3) is 22.3 Å². The van der Waals surface area contributed by atoms with Gasteiger partial charge in [0.05, 0.1) is 11.2 Å². The number of nitrogens with one attached hydrogen (secondary N) is 1. The summed E-state index contributed by atoms with van der Waals surface area (Å²) >= 11 is 0. The van der Waals surface area contributed by atoms with Crippen molar-refractivity contribution in [2.24, 2.45) is 7.05 Å². The van der Waals surface area contributed by atoms with Gasteiger partial charge in [0, 0.05) is 73.9 Å². The second-order valence-corrected chi connectivity index (χ2v) is 9.40. The molecule has 0 bridgehead atoms. The lowest BCUT2D eigenvalue weighted by Gasteiger charge is -2.32. The number of aromatic nitrogens is 5. The minimum absolute atomic E-state index is 0.224. The Balaban J connectivity index is 1.32. The molecule has 10 heteroatoms. The molecule has 0 spiro atoms. The van der Waals surface area contributed by atoms with Gasteiger partial charge in [-0.3, -0.25) is 14.4 Å². The number of ketones is 1. The number of carbonyl (C=O) groups is 1. The van der Waals surface area contributed by atoms with Gasteiger partial charge >= 0.3 is 0 Å². The smallest absolute Gasteiger partial charge is 0.228 e. The Bertz CT molecular complexity index is 1420. The number of nitrogen functional groups attached to an aromatic ring is 1. The van der Waals surface area contributed by atoms with Gasteiger partial charge in [-0.25, -0.2) is 4.98 Å². The number of carbonyl (C=O) groups excluding carboxylic acids is 1. The third-order valence-corrected chi connectivity index (χ3v) is 6.88. The Morgan fingerprint density at radius 3 is 2.58 bits per heavy atom. The number of hydrogen-bond donors (Lipinski definition) is 2. The maximum Gasteiger partial charge on any atom is 0.228 e. The Morgan fingerprint density at radius 1 is 1.08 bits per heavy atom. The molecule has 10 nitrogen and oxygen atoms in total. The van der Waals surface area contributed by atoms with E-state index in [1.807, 2.05) is 37.7 Å². The van der Waals surface area contributed by atoms with E-state index in [4.69, 9.17) is 10.5 Å². The van der Waals surface area contributed by atoms with Crippen molar-refractivity contribution in [3.8, 4) is 17.0 Å². The Hall–Kier alpha value is -3.76. The van der Waals surface area contributed by atoms with Crippen molar-refractivity contribution >= 4 is 22.6 Å². The van der Waals surface area contributed by atoms with Gasteiger partial charge < -0.3 is 20.4 Å². The summed E-state index contributed by atoms with van der Waals surface area (Å²) in [5.74, 6) is 0.493. The Labute approximate surface area is 210 Å². The Morgan fingerprint density at radius 2 is 1.86 bits per heavy atom. The van der Waals surface area contributed by atoms with Crippen molar-refractivity contribution in [1.82, 2.24) is 34.5 Å². The molecule has 1 fully saturated rings. The van der Waals surface area contributed by atoms with E-state index in [9.17, 15) is 4.79 Å². The van der Waals surface area contributed by atoms with Crippen LogP contribution < -0.4 is 10.5 Å². The molecule has 1 aliphatic heterocycles. The summed E-state index contributed by atoms with van der Waals surface area (Å²) in [4.78, 5) is 30.1. The zero-order valence-electron chi connectivity index (χ0n) is 21.2. The maximum atomic E-state index is 13.3. The molecule has 0 atom stereocenters. The minimum Gasteiger partial charge on any atom is -0.476 e. The first-order valence-corrected chi connectivity index (χ1v) is 12.2. The lowest BCUT2D eigenvalue weighted by molar-refractivity contribution is 0.103. The fourth-order valence-corrected chi connectivity index (χ4v) is 4.63. The van der Waals surface area contributed by atoms with Crippen LogP contribution in [0.4, 0.5) is 5.69 Å². The van der Waals surface area contributed by atoms with E-state index in [0.717, 1.165) is 55.2 Å². The quantitative estimate of drug-likeness (QED) is 0.301. The number of hydrogen-bond acceptors (Lipinski definition) is 8. The van der Waals surface area contributed by atoms with Gasteiger partial charge in [-0.2, -0.15) is 10.1 Å². The number of fused-ring (bicyclic) bond motifs is 1. The molecule has 4 aromatic rings. The summed E-state index contributed by atoms with van der Waals surface area (Å²) in [7, 11) is 4.04. The summed E-state index contributed by atoms with van der Waals surface area (Å²) < 4.78 is 7.69. The first-order valence-electron chi connectivity index (χ1n) is 12.2. The minimum atomic E-state index is -0.231. The molecule has 0 aliphatic carbocycles. The van der Waals surface area contributed by atoms with E-state index in [1.54, 1.807) is 18.2 Å².